The van der Waals surface area contributed by atoms with Crippen LogP contribution in [-0.4, -0.2) is 29.8 Å². The van der Waals surface area contributed by atoms with E-state index < -0.39 is 11.5 Å². The molecule has 1 atom stereocenters. The van der Waals surface area contributed by atoms with Crippen LogP contribution in [0.25, 0.3) is 0 Å². The quantitative estimate of drug-likeness (QED) is 0.797. The summed E-state index contributed by atoms with van der Waals surface area (Å²) < 4.78 is 5.21. The van der Waals surface area contributed by atoms with Gasteiger partial charge in [0.2, 0.25) is 0 Å². The van der Waals surface area contributed by atoms with E-state index in [2.05, 4.69) is 5.32 Å². The van der Waals surface area contributed by atoms with Gasteiger partial charge in [-0.2, -0.15) is 0 Å². The molecule has 94 valence electrons. The van der Waals surface area contributed by atoms with Crippen LogP contribution in [0.4, 0.5) is 5.69 Å². The summed E-state index contributed by atoms with van der Waals surface area (Å²) in [7, 11) is 0. The summed E-state index contributed by atoms with van der Waals surface area (Å²) in [4.78, 5) is 11.3. The minimum absolute atomic E-state index is 0.132. The molecule has 4 nitrogen and oxygen atoms in total. The molecule has 0 fully saturated rings. The molecule has 1 aromatic carbocycles. The van der Waals surface area contributed by atoms with Crippen LogP contribution in [-0.2, 0) is 9.53 Å². The van der Waals surface area contributed by atoms with Gasteiger partial charge in [-0.15, -0.1) is 0 Å². The first-order valence-electron chi connectivity index (χ1n) is 5.64. The van der Waals surface area contributed by atoms with Crippen LogP contribution in [0.5, 0.6) is 0 Å². The SMILES string of the molecule is CCOCC(C)(Nc1ccc(C)cc1)C(=O)O. The topological polar surface area (TPSA) is 58.6 Å². The Bertz CT molecular complexity index is 375. The van der Waals surface area contributed by atoms with E-state index in [9.17, 15) is 9.90 Å². The van der Waals surface area contributed by atoms with Crippen LogP contribution in [0, 0.1) is 6.92 Å². The maximum Gasteiger partial charge on any atom is 0.331 e. The van der Waals surface area contributed by atoms with Gasteiger partial charge in [-0.1, -0.05) is 17.7 Å². The Hall–Kier alpha value is -1.55. The third-order valence-corrected chi connectivity index (χ3v) is 2.54. The van der Waals surface area contributed by atoms with Gasteiger partial charge in [0.25, 0.3) is 0 Å². The molecule has 0 saturated carbocycles. The molecule has 17 heavy (non-hydrogen) atoms. The van der Waals surface area contributed by atoms with Crippen molar-refractivity contribution in [3.8, 4) is 0 Å². The number of ether oxygens (including phenoxy) is 1. The van der Waals surface area contributed by atoms with Gasteiger partial charge in [0.1, 0.15) is 0 Å². The molecule has 0 bridgehead atoms. The van der Waals surface area contributed by atoms with E-state index in [4.69, 9.17) is 4.74 Å². The number of hydrogen-bond donors (Lipinski definition) is 2. The third-order valence-electron chi connectivity index (χ3n) is 2.54. The fourth-order valence-electron chi connectivity index (χ4n) is 1.41. The number of carbonyl (C=O) groups is 1. The Labute approximate surface area is 102 Å². The minimum Gasteiger partial charge on any atom is -0.479 e. The number of anilines is 1. The molecule has 0 aliphatic rings. The van der Waals surface area contributed by atoms with Crippen molar-refractivity contribution in [2.45, 2.75) is 26.3 Å². The fourth-order valence-corrected chi connectivity index (χ4v) is 1.41. The Morgan fingerprint density at radius 3 is 2.47 bits per heavy atom. The largest absolute Gasteiger partial charge is 0.479 e. The van der Waals surface area contributed by atoms with Crippen LogP contribution in [0.15, 0.2) is 24.3 Å². The number of aryl methyl sites for hydroxylation is 1. The molecule has 0 heterocycles. The van der Waals surface area contributed by atoms with Gasteiger partial charge >= 0.3 is 5.97 Å². The third kappa shape index (κ3) is 3.75. The van der Waals surface area contributed by atoms with E-state index in [-0.39, 0.29) is 6.61 Å². The van der Waals surface area contributed by atoms with Gasteiger partial charge in [-0.25, -0.2) is 4.79 Å². The predicted octanol–water partition coefficient (Wildman–Crippen LogP) is 2.29. The maximum absolute atomic E-state index is 11.3. The lowest BCUT2D eigenvalue weighted by atomic mass is 10.0. The van der Waals surface area contributed by atoms with Crippen molar-refractivity contribution in [3.05, 3.63) is 29.8 Å². The standard InChI is InChI=1S/C13H19NO3/c1-4-17-9-13(3,12(15)16)14-11-7-5-10(2)6-8-11/h5-8,14H,4,9H2,1-3H3,(H,15,16). The van der Waals surface area contributed by atoms with Gasteiger partial charge in [0.05, 0.1) is 6.61 Å². The van der Waals surface area contributed by atoms with E-state index in [1.807, 2.05) is 38.1 Å². The van der Waals surface area contributed by atoms with Crippen molar-refractivity contribution >= 4 is 11.7 Å². The summed E-state index contributed by atoms with van der Waals surface area (Å²) >= 11 is 0. The highest BCUT2D eigenvalue weighted by Crippen LogP contribution is 2.17. The zero-order valence-electron chi connectivity index (χ0n) is 10.5. The minimum atomic E-state index is -1.11. The second-order valence-electron chi connectivity index (χ2n) is 4.27. The molecule has 0 saturated heterocycles. The number of carboxylic acid groups (broad SMARTS) is 1. The number of aliphatic carboxylic acids is 1. The molecule has 0 spiro atoms. The van der Waals surface area contributed by atoms with E-state index >= 15 is 0 Å². The summed E-state index contributed by atoms with van der Waals surface area (Å²) in [6.45, 7) is 6.07. The first kappa shape index (κ1) is 13.5. The van der Waals surface area contributed by atoms with Crippen molar-refractivity contribution in [2.75, 3.05) is 18.5 Å². The number of benzene rings is 1. The molecule has 1 unspecified atom stereocenters. The highest BCUT2D eigenvalue weighted by Gasteiger charge is 2.33. The molecule has 1 aromatic rings. The first-order chi connectivity index (χ1) is 7.98. The zero-order chi connectivity index (χ0) is 12.9. The maximum atomic E-state index is 11.3. The van der Waals surface area contributed by atoms with Crippen LogP contribution < -0.4 is 5.32 Å². The van der Waals surface area contributed by atoms with E-state index in [0.717, 1.165) is 11.3 Å². The van der Waals surface area contributed by atoms with Gasteiger partial charge in [-0.3, -0.25) is 0 Å². The molecular formula is C13H19NO3. The van der Waals surface area contributed by atoms with Gasteiger partial charge in [-0.05, 0) is 32.9 Å². The monoisotopic (exact) mass is 237 g/mol. The lowest BCUT2D eigenvalue weighted by molar-refractivity contribution is -0.143. The molecular weight excluding hydrogens is 218 g/mol. The van der Waals surface area contributed by atoms with Crippen LogP contribution >= 0.6 is 0 Å². The Morgan fingerprint density at radius 1 is 1.41 bits per heavy atom. The number of rotatable bonds is 6. The predicted molar refractivity (Wildman–Crippen MR) is 67.3 cm³/mol. The van der Waals surface area contributed by atoms with E-state index in [1.54, 1.807) is 6.92 Å². The highest BCUT2D eigenvalue weighted by atomic mass is 16.5. The van der Waals surface area contributed by atoms with Gasteiger partial charge in [0.15, 0.2) is 5.54 Å². The zero-order valence-corrected chi connectivity index (χ0v) is 10.5. The average molecular weight is 237 g/mol. The molecule has 0 aliphatic carbocycles. The highest BCUT2D eigenvalue weighted by molar-refractivity contribution is 5.82. The first-order valence-corrected chi connectivity index (χ1v) is 5.64. The van der Waals surface area contributed by atoms with Crippen molar-refractivity contribution in [2.24, 2.45) is 0 Å². The van der Waals surface area contributed by atoms with Crippen LogP contribution in [0.2, 0.25) is 0 Å². The summed E-state index contributed by atoms with van der Waals surface area (Å²) in [6.07, 6.45) is 0. The van der Waals surface area contributed by atoms with Crippen molar-refractivity contribution in [3.63, 3.8) is 0 Å². The number of carboxylic acids is 1. The lowest BCUT2D eigenvalue weighted by Gasteiger charge is -2.27. The van der Waals surface area contributed by atoms with Crippen LogP contribution in [0.1, 0.15) is 19.4 Å². The van der Waals surface area contributed by atoms with Crippen molar-refractivity contribution in [1.82, 2.24) is 0 Å². The number of hydrogen-bond acceptors (Lipinski definition) is 3. The van der Waals surface area contributed by atoms with Crippen LogP contribution in [0.3, 0.4) is 0 Å². The molecule has 0 radical (unpaired) electrons. The Balaban J connectivity index is 2.79. The second kappa shape index (κ2) is 5.68. The van der Waals surface area contributed by atoms with Crippen molar-refractivity contribution in [1.29, 1.82) is 0 Å². The van der Waals surface area contributed by atoms with E-state index in [0.29, 0.717) is 6.61 Å². The summed E-state index contributed by atoms with van der Waals surface area (Å²) in [6, 6.07) is 7.60. The smallest absolute Gasteiger partial charge is 0.331 e. The Morgan fingerprint density at radius 2 is 2.00 bits per heavy atom. The van der Waals surface area contributed by atoms with Crippen molar-refractivity contribution < 1.29 is 14.6 Å². The molecule has 0 amide bonds. The average Bonchev–Trinajstić information content (AvgIpc) is 2.29. The number of nitrogens with one attached hydrogen (secondary N) is 1. The summed E-state index contributed by atoms with van der Waals surface area (Å²) in [5.74, 6) is -0.925. The fraction of sp³-hybridized carbons (Fsp3) is 0.462. The lowest BCUT2D eigenvalue weighted by Crippen LogP contribution is -2.47. The summed E-state index contributed by atoms with van der Waals surface area (Å²) in [5, 5.41) is 12.2. The molecule has 0 aromatic heterocycles. The Kier molecular flexibility index (Phi) is 4.52. The molecule has 1 rings (SSSR count). The van der Waals surface area contributed by atoms with Gasteiger partial charge < -0.3 is 15.2 Å². The molecule has 2 N–H and O–H groups in total. The normalized spacial score (nSPS) is 14.1. The second-order valence-corrected chi connectivity index (χ2v) is 4.27. The summed E-state index contributed by atoms with van der Waals surface area (Å²) in [5.41, 5.74) is 0.809. The molecule has 0 aliphatic heterocycles. The van der Waals surface area contributed by atoms with Gasteiger partial charge in [0, 0.05) is 12.3 Å². The van der Waals surface area contributed by atoms with E-state index in [1.165, 1.54) is 0 Å². The molecule has 4 heteroatoms.